The minimum absolute atomic E-state index is 0.0152. The van der Waals surface area contributed by atoms with E-state index in [1.807, 2.05) is 17.5 Å². The van der Waals surface area contributed by atoms with Crippen molar-refractivity contribution in [3.8, 4) is 0 Å². The lowest BCUT2D eigenvalue weighted by Gasteiger charge is -2.09. The lowest BCUT2D eigenvalue weighted by atomic mass is 10.1. The van der Waals surface area contributed by atoms with Gasteiger partial charge in [0.15, 0.2) is 0 Å². The summed E-state index contributed by atoms with van der Waals surface area (Å²) >= 11 is 7.06. The number of halogens is 1. The Morgan fingerprint density at radius 2 is 2.50 bits per heavy atom. The summed E-state index contributed by atoms with van der Waals surface area (Å²) in [6, 6.07) is 3.70. The number of hydrogen-bond donors (Lipinski definition) is 1. The van der Waals surface area contributed by atoms with E-state index in [-0.39, 0.29) is 5.91 Å². The molecule has 0 aliphatic carbocycles. The second-order valence-electron chi connectivity index (χ2n) is 3.27. The number of amides is 1. The fourth-order valence-electron chi connectivity index (χ4n) is 1.05. The number of hydrogen-bond acceptors (Lipinski definition) is 2. The molecule has 0 aliphatic heterocycles. The topological polar surface area (TPSA) is 29.1 Å². The molecule has 0 saturated carbocycles. The largest absolute Gasteiger partial charge is 0.351 e. The molecule has 0 aromatic carbocycles. The number of alkyl halides is 1. The van der Waals surface area contributed by atoms with E-state index < -0.39 is 0 Å². The Labute approximate surface area is 93.3 Å². The van der Waals surface area contributed by atoms with Crippen molar-refractivity contribution in [1.29, 1.82) is 0 Å². The van der Waals surface area contributed by atoms with Crippen molar-refractivity contribution in [2.45, 2.75) is 13.3 Å². The van der Waals surface area contributed by atoms with Gasteiger partial charge in [0.05, 0.1) is 4.88 Å². The van der Waals surface area contributed by atoms with Gasteiger partial charge in [-0.25, -0.2) is 0 Å². The fourth-order valence-corrected chi connectivity index (χ4v) is 2.06. The molecule has 1 amide bonds. The fraction of sp³-hybridized carbons (Fsp3) is 0.500. The van der Waals surface area contributed by atoms with Crippen LogP contribution in [0.1, 0.15) is 23.0 Å². The highest BCUT2D eigenvalue weighted by molar-refractivity contribution is 7.12. The lowest BCUT2D eigenvalue weighted by molar-refractivity contribution is 0.0952. The van der Waals surface area contributed by atoms with E-state index in [1.54, 1.807) is 0 Å². The van der Waals surface area contributed by atoms with Crippen molar-refractivity contribution >= 4 is 28.8 Å². The maximum atomic E-state index is 11.5. The van der Waals surface area contributed by atoms with E-state index >= 15 is 0 Å². The van der Waals surface area contributed by atoms with E-state index in [0.717, 1.165) is 11.3 Å². The molecule has 1 aromatic heterocycles. The molecule has 0 bridgehead atoms. The zero-order valence-corrected chi connectivity index (χ0v) is 9.70. The van der Waals surface area contributed by atoms with Gasteiger partial charge in [-0.15, -0.1) is 22.9 Å². The van der Waals surface area contributed by atoms with Crippen LogP contribution in [0, 0.1) is 5.92 Å². The average molecular weight is 232 g/mol. The number of nitrogens with one attached hydrogen (secondary N) is 1. The van der Waals surface area contributed by atoms with Gasteiger partial charge in [0.1, 0.15) is 0 Å². The lowest BCUT2D eigenvalue weighted by Crippen LogP contribution is -2.27. The van der Waals surface area contributed by atoms with E-state index in [0.29, 0.717) is 18.3 Å². The first-order valence-electron chi connectivity index (χ1n) is 4.61. The SMILES string of the molecule is CC(CCCl)CNC(=O)c1cccs1. The van der Waals surface area contributed by atoms with Gasteiger partial charge < -0.3 is 5.32 Å². The molecular formula is C10H14ClNOS. The maximum Gasteiger partial charge on any atom is 0.261 e. The summed E-state index contributed by atoms with van der Waals surface area (Å²) in [6.07, 6.45) is 0.937. The average Bonchev–Trinajstić information content (AvgIpc) is 2.67. The highest BCUT2D eigenvalue weighted by atomic mass is 35.5. The smallest absolute Gasteiger partial charge is 0.261 e. The third-order valence-electron chi connectivity index (χ3n) is 1.96. The van der Waals surface area contributed by atoms with Crippen LogP contribution in [0.3, 0.4) is 0 Å². The molecule has 1 rings (SSSR count). The molecule has 1 aromatic rings. The van der Waals surface area contributed by atoms with Crippen LogP contribution in [-0.4, -0.2) is 18.3 Å². The molecule has 14 heavy (non-hydrogen) atoms. The number of rotatable bonds is 5. The number of carbonyl (C=O) groups excluding carboxylic acids is 1. The third kappa shape index (κ3) is 3.68. The van der Waals surface area contributed by atoms with Crippen molar-refractivity contribution in [3.63, 3.8) is 0 Å². The van der Waals surface area contributed by atoms with Crippen LogP contribution < -0.4 is 5.32 Å². The van der Waals surface area contributed by atoms with Crippen molar-refractivity contribution in [1.82, 2.24) is 5.32 Å². The Kier molecular flexibility index (Phi) is 4.98. The van der Waals surface area contributed by atoms with Crippen LogP contribution in [0.25, 0.3) is 0 Å². The van der Waals surface area contributed by atoms with Crippen molar-refractivity contribution in [3.05, 3.63) is 22.4 Å². The summed E-state index contributed by atoms with van der Waals surface area (Å²) < 4.78 is 0. The first-order chi connectivity index (χ1) is 6.74. The highest BCUT2D eigenvalue weighted by Crippen LogP contribution is 2.08. The molecule has 78 valence electrons. The van der Waals surface area contributed by atoms with E-state index in [9.17, 15) is 4.79 Å². The summed E-state index contributed by atoms with van der Waals surface area (Å²) in [5.41, 5.74) is 0. The van der Waals surface area contributed by atoms with Gasteiger partial charge in [0.25, 0.3) is 5.91 Å². The van der Waals surface area contributed by atoms with Crippen LogP contribution in [0.5, 0.6) is 0 Å². The van der Waals surface area contributed by atoms with Crippen LogP contribution in [0.15, 0.2) is 17.5 Å². The second-order valence-corrected chi connectivity index (χ2v) is 4.60. The zero-order chi connectivity index (χ0) is 10.4. The third-order valence-corrected chi connectivity index (χ3v) is 3.04. The Morgan fingerprint density at radius 1 is 1.71 bits per heavy atom. The first-order valence-corrected chi connectivity index (χ1v) is 6.03. The molecule has 0 aliphatic rings. The first kappa shape index (κ1) is 11.5. The Morgan fingerprint density at radius 3 is 3.07 bits per heavy atom. The van der Waals surface area contributed by atoms with Gasteiger partial charge in [0.2, 0.25) is 0 Å². The van der Waals surface area contributed by atoms with Crippen LogP contribution in [0.2, 0.25) is 0 Å². The summed E-state index contributed by atoms with van der Waals surface area (Å²) in [7, 11) is 0. The minimum Gasteiger partial charge on any atom is -0.351 e. The van der Waals surface area contributed by atoms with Gasteiger partial charge >= 0.3 is 0 Å². The van der Waals surface area contributed by atoms with Gasteiger partial charge in [-0.2, -0.15) is 0 Å². The Balaban J connectivity index is 2.28. The molecule has 0 fully saturated rings. The van der Waals surface area contributed by atoms with E-state index in [2.05, 4.69) is 12.2 Å². The molecule has 0 spiro atoms. The maximum absolute atomic E-state index is 11.5. The molecule has 4 heteroatoms. The van der Waals surface area contributed by atoms with E-state index in [4.69, 9.17) is 11.6 Å². The van der Waals surface area contributed by atoms with Crippen molar-refractivity contribution in [2.75, 3.05) is 12.4 Å². The zero-order valence-electron chi connectivity index (χ0n) is 8.13. The Bertz CT molecular complexity index is 274. The minimum atomic E-state index is 0.0152. The highest BCUT2D eigenvalue weighted by Gasteiger charge is 2.07. The van der Waals surface area contributed by atoms with Gasteiger partial charge in [-0.1, -0.05) is 13.0 Å². The molecule has 0 radical (unpaired) electrons. The quantitative estimate of drug-likeness (QED) is 0.776. The summed E-state index contributed by atoms with van der Waals surface area (Å²) in [6.45, 7) is 2.78. The van der Waals surface area contributed by atoms with Gasteiger partial charge in [-0.05, 0) is 23.8 Å². The van der Waals surface area contributed by atoms with Crippen LogP contribution in [-0.2, 0) is 0 Å². The second kappa shape index (κ2) is 6.04. The van der Waals surface area contributed by atoms with Gasteiger partial charge in [-0.3, -0.25) is 4.79 Å². The monoisotopic (exact) mass is 231 g/mol. The summed E-state index contributed by atoms with van der Waals surface area (Å²) in [5.74, 6) is 1.11. The normalized spacial score (nSPS) is 12.4. The summed E-state index contributed by atoms with van der Waals surface area (Å²) in [5, 5.41) is 4.78. The predicted octanol–water partition coefficient (Wildman–Crippen LogP) is 2.74. The van der Waals surface area contributed by atoms with Gasteiger partial charge in [0, 0.05) is 12.4 Å². The number of thiophene rings is 1. The standard InChI is InChI=1S/C10H14ClNOS/c1-8(4-5-11)7-12-10(13)9-3-2-6-14-9/h2-3,6,8H,4-5,7H2,1H3,(H,12,13). The molecule has 1 heterocycles. The van der Waals surface area contributed by atoms with Crippen molar-refractivity contribution in [2.24, 2.45) is 5.92 Å². The molecule has 1 N–H and O–H groups in total. The molecule has 1 unspecified atom stereocenters. The van der Waals surface area contributed by atoms with E-state index in [1.165, 1.54) is 11.3 Å². The molecular weight excluding hydrogens is 218 g/mol. The Hall–Kier alpha value is -0.540. The van der Waals surface area contributed by atoms with Crippen LogP contribution in [0.4, 0.5) is 0 Å². The number of carbonyl (C=O) groups is 1. The summed E-state index contributed by atoms with van der Waals surface area (Å²) in [4.78, 5) is 12.2. The van der Waals surface area contributed by atoms with Crippen molar-refractivity contribution < 1.29 is 4.79 Å². The van der Waals surface area contributed by atoms with Crippen LogP contribution >= 0.6 is 22.9 Å². The predicted molar refractivity (Wildman–Crippen MR) is 61.2 cm³/mol. The molecule has 1 atom stereocenters. The molecule has 0 saturated heterocycles. The molecule has 2 nitrogen and oxygen atoms in total.